The van der Waals surface area contributed by atoms with Gasteiger partial charge in [0.2, 0.25) is 5.91 Å². The summed E-state index contributed by atoms with van der Waals surface area (Å²) in [6, 6.07) is -0.618. The second-order valence-corrected chi connectivity index (χ2v) is 7.23. The zero-order chi connectivity index (χ0) is 20.7. The van der Waals surface area contributed by atoms with Gasteiger partial charge in [0, 0.05) is 6.54 Å². The number of imide groups is 1. The largest absolute Gasteiger partial charge is 0.454 e. The van der Waals surface area contributed by atoms with Gasteiger partial charge in [-0.2, -0.15) is 0 Å². The zero-order valence-corrected chi connectivity index (χ0v) is 16.3. The van der Waals surface area contributed by atoms with Gasteiger partial charge in [-0.05, 0) is 25.2 Å². The Hall–Kier alpha value is -2.65. The Balaban J connectivity index is 1.78. The number of nitrogens with one attached hydrogen (secondary N) is 3. The Kier molecular flexibility index (Phi) is 7.36. The van der Waals surface area contributed by atoms with E-state index in [1.54, 1.807) is 0 Å². The number of carbonyl (C=O) groups is 5. The Morgan fingerprint density at radius 3 is 2.64 bits per heavy atom. The first-order valence-electron chi connectivity index (χ1n) is 9.63. The molecule has 10 heteroatoms. The van der Waals surface area contributed by atoms with E-state index in [-0.39, 0.29) is 18.4 Å². The summed E-state index contributed by atoms with van der Waals surface area (Å²) in [6.07, 6.45) is 3.99. The summed E-state index contributed by atoms with van der Waals surface area (Å²) in [4.78, 5) is 60.8. The lowest BCUT2D eigenvalue weighted by atomic mass is 9.73. The van der Waals surface area contributed by atoms with E-state index in [0.717, 1.165) is 30.6 Å². The molecule has 0 bridgehead atoms. The average Bonchev–Trinajstić information content (AvgIpc) is 2.90. The van der Waals surface area contributed by atoms with Crippen LogP contribution in [0.4, 0.5) is 4.79 Å². The lowest BCUT2D eigenvalue weighted by molar-refractivity contribution is -0.151. The van der Waals surface area contributed by atoms with Gasteiger partial charge in [-0.25, -0.2) is 4.79 Å². The number of esters is 1. The number of urea groups is 1. The number of carbonyl (C=O) groups excluding carboxylic acids is 5. The highest BCUT2D eigenvalue weighted by Gasteiger charge is 2.55. The third-order valence-corrected chi connectivity index (χ3v) is 5.17. The van der Waals surface area contributed by atoms with Gasteiger partial charge in [-0.1, -0.05) is 26.7 Å². The molecule has 1 heterocycles. The number of nitrogens with zero attached hydrogens (tertiary/aromatic N) is 1. The predicted molar refractivity (Wildman–Crippen MR) is 97.9 cm³/mol. The van der Waals surface area contributed by atoms with Crippen LogP contribution in [0.15, 0.2) is 0 Å². The molecule has 3 N–H and O–H groups in total. The molecule has 0 aromatic heterocycles. The SMILES string of the molecule is CCCNC(=O)CNC(=O)COC(=O)CN1C(=O)N[C@@]2(CCCC[C@H]2C)C1=O. The summed E-state index contributed by atoms with van der Waals surface area (Å²) in [5.41, 5.74) is -0.946. The van der Waals surface area contributed by atoms with E-state index in [9.17, 15) is 24.0 Å². The second kappa shape index (κ2) is 9.52. The van der Waals surface area contributed by atoms with E-state index in [2.05, 4.69) is 16.0 Å². The maximum Gasteiger partial charge on any atom is 0.326 e. The van der Waals surface area contributed by atoms with Crippen molar-refractivity contribution in [2.75, 3.05) is 26.2 Å². The fourth-order valence-electron chi connectivity index (χ4n) is 3.52. The first-order valence-corrected chi connectivity index (χ1v) is 9.63. The van der Waals surface area contributed by atoms with Crippen LogP contribution in [0.1, 0.15) is 46.0 Å². The summed E-state index contributed by atoms with van der Waals surface area (Å²) < 4.78 is 4.82. The molecule has 2 atom stereocenters. The Bertz CT molecular complexity index is 652. The maximum absolute atomic E-state index is 12.8. The van der Waals surface area contributed by atoms with Gasteiger partial charge >= 0.3 is 12.0 Å². The predicted octanol–water partition coefficient (Wildman–Crippen LogP) is -0.327. The molecule has 1 saturated carbocycles. The van der Waals surface area contributed by atoms with Crippen molar-refractivity contribution in [2.45, 2.75) is 51.5 Å². The molecule has 0 radical (unpaired) electrons. The van der Waals surface area contributed by atoms with Crippen molar-refractivity contribution in [2.24, 2.45) is 5.92 Å². The van der Waals surface area contributed by atoms with Crippen molar-refractivity contribution in [1.29, 1.82) is 0 Å². The van der Waals surface area contributed by atoms with Gasteiger partial charge in [0.05, 0.1) is 6.54 Å². The third kappa shape index (κ3) is 4.99. The Morgan fingerprint density at radius 2 is 1.96 bits per heavy atom. The molecule has 10 nitrogen and oxygen atoms in total. The van der Waals surface area contributed by atoms with E-state index in [0.29, 0.717) is 13.0 Å². The van der Waals surface area contributed by atoms with Crippen LogP contribution in [0.5, 0.6) is 0 Å². The number of ether oxygens (including phenoxy) is 1. The lowest BCUT2D eigenvalue weighted by Gasteiger charge is -2.36. The molecular weight excluding hydrogens is 368 g/mol. The van der Waals surface area contributed by atoms with Crippen molar-refractivity contribution in [1.82, 2.24) is 20.9 Å². The number of rotatable bonds is 8. The monoisotopic (exact) mass is 396 g/mol. The minimum atomic E-state index is -0.946. The van der Waals surface area contributed by atoms with Crippen molar-refractivity contribution in [3.63, 3.8) is 0 Å². The summed E-state index contributed by atoms with van der Waals surface area (Å²) in [5.74, 6) is -2.28. The Morgan fingerprint density at radius 1 is 1.21 bits per heavy atom. The molecule has 2 rings (SSSR count). The van der Waals surface area contributed by atoms with Crippen LogP contribution in [-0.4, -0.2) is 66.4 Å². The van der Waals surface area contributed by atoms with E-state index in [4.69, 9.17) is 4.74 Å². The number of amides is 5. The summed E-state index contributed by atoms with van der Waals surface area (Å²) in [6.45, 7) is 2.97. The average molecular weight is 396 g/mol. The Labute approximate surface area is 163 Å². The molecule has 0 aromatic carbocycles. The van der Waals surface area contributed by atoms with Gasteiger partial charge in [0.1, 0.15) is 12.1 Å². The topological polar surface area (TPSA) is 134 Å². The fraction of sp³-hybridized carbons (Fsp3) is 0.722. The van der Waals surface area contributed by atoms with E-state index < -0.39 is 42.5 Å². The zero-order valence-electron chi connectivity index (χ0n) is 16.3. The molecule has 2 fully saturated rings. The molecule has 1 aliphatic carbocycles. The van der Waals surface area contributed by atoms with Gasteiger partial charge < -0.3 is 20.7 Å². The summed E-state index contributed by atoms with van der Waals surface area (Å²) in [7, 11) is 0. The maximum atomic E-state index is 12.8. The van der Waals surface area contributed by atoms with Gasteiger partial charge in [-0.15, -0.1) is 0 Å². The first kappa shape index (κ1) is 21.6. The van der Waals surface area contributed by atoms with Crippen LogP contribution in [-0.2, 0) is 23.9 Å². The lowest BCUT2D eigenvalue weighted by Crippen LogP contribution is -2.54. The highest BCUT2D eigenvalue weighted by atomic mass is 16.5. The molecule has 2 aliphatic rings. The second-order valence-electron chi connectivity index (χ2n) is 7.23. The number of hydrogen-bond donors (Lipinski definition) is 3. The van der Waals surface area contributed by atoms with Gasteiger partial charge in [0.15, 0.2) is 6.61 Å². The minimum absolute atomic E-state index is 0.0108. The molecule has 0 aromatic rings. The fourth-order valence-corrected chi connectivity index (χ4v) is 3.52. The van der Waals surface area contributed by atoms with Gasteiger partial charge in [0.25, 0.3) is 11.8 Å². The van der Waals surface area contributed by atoms with E-state index >= 15 is 0 Å². The third-order valence-electron chi connectivity index (χ3n) is 5.17. The van der Waals surface area contributed by atoms with Crippen LogP contribution in [0, 0.1) is 5.92 Å². The van der Waals surface area contributed by atoms with Crippen molar-refractivity contribution < 1.29 is 28.7 Å². The molecule has 0 unspecified atom stereocenters. The highest BCUT2D eigenvalue weighted by molar-refractivity contribution is 6.09. The highest BCUT2D eigenvalue weighted by Crippen LogP contribution is 2.38. The first-order chi connectivity index (χ1) is 13.3. The summed E-state index contributed by atoms with van der Waals surface area (Å²) >= 11 is 0. The molecule has 1 saturated heterocycles. The van der Waals surface area contributed by atoms with Crippen LogP contribution in [0.2, 0.25) is 0 Å². The summed E-state index contributed by atoms with van der Waals surface area (Å²) in [5, 5.41) is 7.66. The van der Waals surface area contributed by atoms with Crippen LogP contribution in [0.3, 0.4) is 0 Å². The molecule has 28 heavy (non-hydrogen) atoms. The van der Waals surface area contributed by atoms with E-state index in [1.807, 2.05) is 13.8 Å². The standard InChI is InChI=1S/C18H28N4O6/c1-3-8-19-13(23)9-20-14(24)11-28-15(25)10-22-16(26)18(21-17(22)27)7-5-4-6-12(18)2/h12H,3-11H2,1-2H3,(H,19,23)(H,20,24)(H,21,27)/t12-,18-/m1/s1. The molecule has 1 aliphatic heterocycles. The molecular formula is C18H28N4O6. The molecule has 5 amide bonds. The van der Waals surface area contributed by atoms with Crippen LogP contribution in [0.25, 0.3) is 0 Å². The van der Waals surface area contributed by atoms with Crippen LogP contribution < -0.4 is 16.0 Å². The van der Waals surface area contributed by atoms with E-state index in [1.165, 1.54) is 0 Å². The number of hydrogen-bond acceptors (Lipinski definition) is 6. The quantitative estimate of drug-likeness (QED) is 0.380. The normalized spacial score (nSPS) is 24.1. The van der Waals surface area contributed by atoms with Crippen molar-refractivity contribution in [3.8, 4) is 0 Å². The van der Waals surface area contributed by atoms with Crippen molar-refractivity contribution >= 4 is 29.7 Å². The van der Waals surface area contributed by atoms with Crippen molar-refractivity contribution in [3.05, 3.63) is 0 Å². The molecule has 156 valence electrons. The smallest absolute Gasteiger partial charge is 0.326 e. The minimum Gasteiger partial charge on any atom is -0.454 e. The molecule has 1 spiro atoms. The van der Waals surface area contributed by atoms with Gasteiger partial charge in [-0.3, -0.25) is 24.1 Å². The van der Waals surface area contributed by atoms with Crippen LogP contribution >= 0.6 is 0 Å².